The van der Waals surface area contributed by atoms with Gasteiger partial charge in [0.15, 0.2) is 0 Å². The van der Waals surface area contributed by atoms with Crippen LogP contribution in [0.3, 0.4) is 0 Å². The van der Waals surface area contributed by atoms with Gasteiger partial charge in [0.05, 0.1) is 30.8 Å². The molecule has 2 aliphatic rings. The molecule has 160 valence electrons. The van der Waals surface area contributed by atoms with Gasteiger partial charge in [-0.1, -0.05) is 18.2 Å². The molecule has 0 aromatic carbocycles. The zero-order valence-corrected chi connectivity index (χ0v) is 17.9. The maximum Gasteiger partial charge on any atom is 0.304 e. The minimum atomic E-state index is -0.373. The molecular formula is C22H31N6O2+. The Labute approximate surface area is 177 Å². The van der Waals surface area contributed by atoms with Gasteiger partial charge in [-0.3, -0.25) is 4.79 Å². The molecule has 2 fully saturated rings. The Balaban J connectivity index is 1.39. The summed E-state index contributed by atoms with van der Waals surface area (Å²) in [5.74, 6) is 1.32. The predicted octanol–water partition coefficient (Wildman–Crippen LogP) is 2.92. The second-order valence-corrected chi connectivity index (χ2v) is 8.56. The molecule has 8 heteroatoms. The number of aromatic nitrogens is 3. The number of carbonyl (C=O) groups excluding carboxylic acids is 1. The predicted molar refractivity (Wildman–Crippen MR) is 117 cm³/mol. The van der Waals surface area contributed by atoms with E-state index in [4.69, 9.17) is 11.3 Å². The van der Waals surface area contributed by atoms with Gasteiger partial charge in [0, 0.05) is 32.4 Å². The molecule has 1 saturated heterocycles. The van der Waals surface area contributed by atoms with Gasteiger partial charge in [0.1, 0.15) is 24.3 Å². The molecule has 1 saturated carbocycles. The van der Waals surface area contributed by atoms with Crippen molar-refractivity contribution in [2.24, 2.45) is 5.92 Å². The summed E-state index contributed by atoms with van der Waals surface area (Å²) in [6.45, 7) is 10.6. The number of fused-ring (bicyclic) bond motifs is 2. The fourth-order valence-corrected chi connectivity index (χ4v) is 4.97. The Morgan fingerprint density at radius 2 is 2.33 bits per heavy atom. The molecule has 1 aliphatic carbocycles. The van der Waals surface area contributed by atoms with Crippen LogP contribution >= 0.6 is 0 Å². The summed E-state index contributed by atoms with van der Waals surface area (Å²) in [6.07, 6.45) is 7.78. The first kappa shape index (κ1) is 20.6. The van der Waals surface area contributed by atoms with E-state index in [1.807, 2.05) is 17.2 Å². The summed E-state index contributed by atoms with van der Waals surface area (Å²) in [6, 6.07) is 2.27. The largest absolute Gasteiger partial charge is 0.381 e. The van der Waals surface area contributed by atoms with Crippen LogP contribution in [0.25, 0.3) is 15.9 Å². The molecule has 4 rings (SSSR count). The van der Waals surface area contributed by atoms with Crippen molar-refractivity contribution in [3.8, 4) is 6.57 Å². The number of hydrogen-bond donors (Lipinski definition) is 1. The normalized spacial score (nSPS) is 25.4. The van der Waals surface area contributed by atoms with E-state index in [1.54, 1.807) is 6.33 Å². The molecule has 0 unspecified atom stereocenters. The van der Waals surface area contributed by atoms with Gasteiger partial charge < -0.3 is 19.5 Å². The fraction of sp³-hybridized carbons (Fsp3) is 0.636. The molecule has 0 spiro atoms. The maximum atomic E-state index is 12.7. The average molecular weight is 412 g/mol. The van der Waals surface area contributed by atoms with Crippen LogP contribution in [-0.4, -0.2) is 70.7 Å². The van der Waals surface area contributed by atoms with E-state index in [0.29, 0.717) is 26.1 Å². The van der Waals surface area contributed by atoms with Gasteiger partial charge in [0.25, 0.3) is 6.57 Å². The number of carbonyl (C=O) groups is 1. The zero-order chi connectivity index (χ0) is 21.1. The van der Waals surface area contributed by atoms with Crippen LogP contribution in [-0.2, 0) is 9.53 Å². The molecule has 0 radical (unpaired) electrons. The van der Waals surface area contributed by atoms with Crippen molar-refractivity contribution < 1.29 is 9.53 Å². The summed E-state index contributed by atoms with van der Waals surface area (Å²) >= 11 is 0. The van der Waals surface area contributed by atoms with Crippen molar-refractivity contribution in [2.45, 2.75) is 50.6 Å². The van der Waals surface area contributed by atoms with E-state index in [-0.39, 0.29) is 23.4 Å². The summed E-state index contributed by atoms with van der Waals surface area (Å²) in [7, 11) is 2.07. The molecule has 3 heterocycles. The first-order valence-electron chi connectivity index (χ1n) is 10.9. The number of nitrogens with zero attached hydrogens (tertiary/aromatic N) is 5. The minimum absolute atomic E-state index is 0.138. The highest BCUT2D eigenvalue weighted by atomic mass is 16.5. The highest BCUT2D eigenvalue weighted by Crippen LogP contribution is 2.47. The van der Waals surface area contributed by atoms with Crippen LogP contribution in [0, 0.1) is 12.5 Å². The van der Waals surface area contributed by atoms with Crippen LogP contribution in [0.1, 0.15) is 39.0 Å². The summed E-state index contributed by atoms with van der Waals surface area (Å²) in [5, 5.41) is 1.01. The van der Waals surface area contributed by atoms with Gasteiger partial charge >= 0.3 is 5.54 Å². The molecule has 2 aromatic heterocycles. The van der Waals surface area contributed by atoms with Crippen LogP contribution in [0.5, 0.6) is 0 Å². The molecule has 8 nitrogen and oxygen atoms in total. The van der Waals surface area contributed by atoms with E-state index >= 15 is 0 Å². The quantitative estimate of drug-likeness (QED) is 0.676. The molecular weight excluding hydrogens is 380 g/mol. The summed E-state index contributed by atoms with van der Waals surface area (Å²) < 4.78 is 5.56. The smallest absolute Gasteiger partial charge is 0.304 e. The van der Waals surface area contributed by atoms with Crippen molar-refractivity contribution >= 4 is 22.8 Å². The van der Waals surface area contributed by atoms with Gasteiger partial charge in [-0.15, -0.1) is 0 Å². The molecule has 2 aromatic rings. The lowest BCUT2D eigenvalue weighted by Gasteiger charge is -2.27. The molecule has 0 bridgehead atoms. The maximum absolute atomic E-state index is 12.7. The number of amides is 1. The van der Waals surface area contributed by atoms with Crippen molar-refractivity contribution in [1.82, 2.24) is 19.9 Å². The number of unbranched alkanes of at least 4 members (excludes halogenated alkanes) is 1. The lowest BCUT2D eigenvalue weighted by molar-refractivity contribution is -0.131. The van der Waals surface area contributed by atoms with Gasteiger partial charge in [-0.05, 0) is 18.9 Å². The first-order valence-corrected chi connectivity index (χ1v) is 10.9. The van der Waals surface area contributed by atoms with Crippen LogP contribution < -0.4 is 4.90 Å². The molecule has 1 aliphatic heterocycles. The van der Waals surface area contributed by atoms with E-state index in [9.17, 15) is 4.79 Å². The summed E-state index contributed by atoms with van der Waals surface area (Å²) in [5.41, 5.74) is 0.461. The van der Waals surface area contributed by atoms with Crippen molar-refractivity contribution in [2.75, 3.05) is 38.3 Å². The van der Waals surface area contributed by atoms with Gasteiger partial charge in [-0.25, -0.2) is 9.97 Å². The Morgan fingerprint density at radius 1 is 1.47 bits per heavy atom. The Hall–Kier alpha value is -2.66. The fourth-order valence-electron chi connectivity index (χ4n) is 4.97. The SMILES string of the molecule is C#[N+][C@]12C[C@H](N(C)c3ncnc4[nH]ccc34)C[C@H]1CN(C(=O)CCOCCCC)C2. The average Bonchev–Trinajstić information content (AvgIpc) is 3.45. The summed E-state index contributed by atoms with van der Waals surface area (Å²) in [4.78, 5) is 33.1. The Morgan fingerprint density at radius 3 is 3.10 bits per heavy atom. The van der Waals surface area contributed by atoms with E-state index in [1.165, 1.54) is 0 Å². The third-order valence-corrected chi connectivity index (χ3v) is 6.74. The zero-order valence-electron chi connectivity index (χ0n) is 17.9. The van der Waals surface area contributed by atoms with E-state index < -0.39 is 0 Å². The third-order valence-electron chi connectivity index (χ3n) is 6.74. The number of anilines is 1. The number of hydrogen-bond acceptors (Lipinski definition) is 5. The number of likely N-dealkylation sites (tertiary alicyclic amines) is 1. The monoisotopic (exact) mass is 411 g/mol. The highest BCUT2D eigenvalue weighted by Gasteiger charge is 2.63. The number of H-pyrrole nitrogens is 1. The Bertz CT molecular complexity index is 937. The highest BCUT2D eigenvalue weighted by molar-refractivity contribution is 5.87. The third kappa shape index (κ3) is 3.74. The van der Waals surface area contributed by atoms with Crippen molar-refractivity contribution in [3.63, 3.8) is 0 Å². The molecule has 1 N–H and O–H groups in total. The first-order chi connectivity index (χ1) is 14.6. The molecule has 1 amide bonds. The Kier molecular flexibility index (Phi) is 5.91. The number of nitrogens with one attached hydrogen (secondary N) is 1. The van der Waals surface area contributed by atoms with Crippen LogP contribution in [0.2, 0.25) is 0 Å². The molecule has 30 heavy (non-hydrogen) atoms. The second kappa shape index (κ2) is 8.60. The number of ether oxygens (including phenoxy) is 1. The number of rotatable bonds is 8. The topological polar surface area (TPSA) is 78.7 Å². The van der Waals surface area contributed by atoms with E-state index in [2.05, 4.69) is 38.7 Å². The minimum Gasteiger partial charge on any atom is -0.381 e. The second-order valence-electron chi connectivity index (χ2n) is 8.56. The van der Waals surface area contributed by atoms with Crippen LogP contribution in [0.15, 0.2) is 18.6 Å². The number of aromatic amines is 1. The lowest BCUT2D eigenvalue weighted by Crippen LogP contribution is -2.38. The van der Waals surface area contributed by atoms with Crippen molar-refractivity contribution in [3.05, 3.63) is 23.4 Å². The van der Waals surface area contributed by atoms with Gasteiger partial charge in [0.2, 0.25) is 5.91 Å². The lowest BCUT2D eigenvalue weighted by atomic mass is 9.92. The standard InChI is InChI=1S/C22H31N6O2/c1-4-5-9-30-10-7-19(29)28-13-16-11-17(12-22(16,14-28)23-2)27(3)21-18-6-8-24-20(18)25-15-26-21/h2,6,8,15-17H,4-5,7,9-14H2,1,3H3,(H,24,25,26)/q+1/t16-,17+,22-/m0/s1. The van der Waals surface area contributed by atoms with E-state index in [0.717, 1.165) is 49.1 Å². The van der Waals surface area contributed by atoms with Crippen LogP contribution in [0.4, 0.5) is 5.82 Å². The van der Waals surface area contributed by atoms with Crippen molar-refractivity contribution in [1.29, 1.82) is 0 Å². The molecule has 3 atom stereocenters. The van der Waals surface area contributed by atoms with Gasteiger partial charge in [-0.2, -0.15) is 0 Å².